The largest absolute Gasteiger partial charge is 0.373 e. The Balaban J connectivity index is 1.90. The number of hydrogen-bond donors (Lipinski definition) is 0. The van der Waals surface area contributed by atoms with E-state index in [2.05, 4.69) is 6.92 Å². The van der Waals surface area contributed by atoms with E-state index in [0.29, 0.717) is 12.7 Å². The summed E-state index contributed by atoms with van der Waals surface area (Å²) in [5.41, 5.74) is -0.253. The quantitative estimate of drug-likeness (QED) is 0.690. The van der Waals surface area contributed by atoms with Gasteiger partial charge in [-0.1, -0.05) is 6.08 Å². The van der Waals surface area contributed by atoms with Crippen molar-refractivity contribution in [2.45, 2.75) is 57.3 Å². The second kappa shape index (κ2) is 4.68. The highest BCUT2D eigenvalue weighted by atomic mass is 16.6. The Morgan fingerprint density at radius 1 is 1.44 bits per heavy atom. The molecule has 0 amide bonds. The second-order valence-electron chi connectivity index (χ2n) is 5.10. The third kappa shape index (κ3) is 2.71. The fourth-order valence-corrected chi connectivity index (χ4v) is 2.48. The summed E-state index contributed by atoms with van der Waals surface area (Å²) >= 11 is 0. The Bertz CT molecular complexity index is 298. The van der Waals surface area contributed by atoms with E-state index in [1.165, 1.54) is 6.42 Å². The first-order chi connectivity index (χ1) is 7.59. The molecule has 1 saturated heterocycles. The number of carbonyl (C=O) groups is 1. The van der Waals surface area contributed by atoms with E-state index in [0.717, 1.165) is 19.3 Å². The van der Waals surface area contributed by atoms with Crippen LogP contribution in [0, 0.1) is 0 Å². The summed E-state index contributed by atoms with van der Waals surface area (Å²) in [5, 5.41) is 0. The molecule has 1 aliphatic carbocycles. The molecule has 16 heavy (non-hydrogen) atoms. The van der Waals surface area contributed by atoms with Gasteiger partial charge < -0.3 is 9.47 Å². The van der Waals surface area contributed by atoms with Crippen LogP contribution in [0.3, 0.4) is 0 Å². The van der Waals surface area contributed by atoms with E-state index in [1.54, 1.807) is 13.0 Å². The molecule has 0 spiro atoms. The minimum atomic E-state index is -0.253. The molecular weight excluding hydrogens is 204 g/mol. The lowest BCUT2D eigenvalue weighted by Gasteiger charge is -2.40. The molecule has 3 atom stereocenters. The van der Waals surface area contributed by atoms with Crippen LogP contribution in [0.2, 0.25) is 0 Å². The van der Waals surface area contributed by atoms with Crippen LogP contribution in [0.4, 0.5) is 0 Å². The van der Waals surface area contributed by atoms with Crippen molar-refractivity contribution in [3.63, 3.8) is 0 Å². The lowest BCUT2D eigenvalue weighted by Crippen LogP contribution is -2.47. The van der Waals surface area contributed by atoms with E-state index in [1.807, 2.05) is 6.08 Å². The standard InChI is InChI=1S/C13H20O3/c1-10(14)5-4-8-13(2)9-15-11-6-3-7-12(11)16-13/h4-5,11-12H,3,6-9H2,1-2H3/b5-4+/t11-,12-,13+/m1/s1. The monoisotopic (exact) mass is 224 g/mol. The zero-order valence-electron chi connectivity index (χ0n) is 10.1. The first kappa shape index (κ1) is 11.8. The molecule has 2 aliphatic rings. The summed E-state index contributed by atoms with van der Waals surface area (Å²) in [6, 6.07) is 0. The fraction of sp³-hybridized carbons (Fsp3) is 0.769. The van der Waals surface area contributed by atoms with Gasteiger partial charge in [-0.25, -0.2) is 0 Å². The van der Waals surface area contributed by atoms with Crippen LogP contribution in [-0.2, 0) is 14.3 Å². The number of allylic oxidation sites excluding steroid dienone is 1. The van der Waals surface area contributed by atoms with Gasteiger partial charge in [-0.3, -0.25) is 4.79 Å². The number of ketones is 1. The lowest BCUT2D eigenvalue weighted by atomic mass is 10.00. The summed E-state index contributed by atoms with van der Waals surface area (Å²) in [4.78, 5) is 10.8. The lowest BCUT2D eigenvalue weighted by molar-refractivity contribution is -0.213. The molecule has 0 aromatic rings. The van der Waals surface area contributed by atoms with Crippen LogP contribution >= 0.6 is 0 Å². The molecule has 90 valence electrons. The molecule has 3 heteroatoms. The molecule has 0 aromatic carbocycles. The molecule has 1 heterocycles. The molecular formula is C13H20O3. The highest BCUT2D eigenvalue weighted by Gasteiger charge is 2.41. The summed E-state index contributed by atoms with van der Waals surface area (Å²) in [7, 11) is 0. The number of carbonyl (C=O) groups excluding carboxylic acids is 1. The molecule has 3 nitrogen and oxygen atoms in total. The summed E-state index contributed by atoms with van der Waals surface area (Å²) in [5.74, 6) is 0.0825. The molecule has 2 fully saturated rings. The van der Waals surface area contributed by atoms with Crippen LogP contribution in [0.5, 0.6) is 0 Å². The van der Waals surface area contributed by atoms with Crippen LogP contribution in [0.1, 0.15) is 39.5 Å². The predicted octanol–water partition coefficient (Wildman–Crippen LogP) is 2.25. The van der Waals surface area contributed by atoms with Gasteiger partial charge in [0.05, 0.1) is 24.4 Å². The van der Waals surface area contributed by atoms with Crippen LogP contribution in [0.15, 0.2) is 12.2 Å². The zero-order valence-corrected chi connectivity index (χ0v) is 10.1. The van der Waals surface area contributed by atoms with E-state index in [-0.39, 0.29) is 17.5 Å². The SMILES string of the molecule is CC(=O)/C=C/C[C@@]1(C)CO[C@@H]2CCC[C@H]2O1. The van der Waals surface area contributed by atoms with Crippen LogP contribution in [0.25, 0.3) is 0 Å². The molecule has 0 bridgehead atoms. The van der Waals surface area contributed by atoms with E-state index in [4.69, 9.17) is 9.47 Å². The Morgan fingerprint density at radius 2 is 2.19 bits per heavy atom. The first-order valence-electron chi connectivity index (χ1n) is 6.06. The van der Waals surface area contributed by atoms with Crippen molar-refractivity contribution >= 4 is 5.78 Å². The third-order valence-electron chi connectivity index (χ3n) is 3.33. The van der Waals surface area contributed by atoms with E-state index >= 15 is 0 Å². The molecule has 2 rings (SSSR count). The Labute approximate surface area is 96.8 Å². The summed E-state index contributed by atoms with van der Waals surface area (Å²) in [6.45, 7) is 4.26. The minimum Gasteiger partial charge on any atom is -0.373 e. The second-order valence-corrected chi connectivity index (χ2v) is 5.10. The van der Waals surface area contributed by atoms with Crippen molar-refractivity contribution in [1.82, 2.24) is 0 Å². The Morgan fingerprint density at radius 3 is 2.94 bits per heavy atom. The van der Waals surface area contributed by atoms with Gasteiger partial charge in [-0.05, 0) is 45.6 Å². The van der Waals surface area contributed by atoms with Gasteiger partial charge in [0.15, 0.2) is 5.78 Å². The maximum absolute atomic E-state index is 10.8. The van der Waals surface area contributed by atoms with E-state index < -0.39 is 0 Å². The van der Waals surface area contributed by atoms with Gasteiger partial charge in [0.25, 0.3) is 0 Å². The summed E-state index contributed by atoms with van der Waals surface area (Å²) < 4.78 is 11.9. The number of rotatable bonds is 3. The molecule has 0 unspecified atom stereocenters. The van der Waals surface area contributed by atoms with Gasteiger partial charge in [-0.15, -0.1) is 0 Å². The van der Waals surface area contributed by atoms with Gasteiger partial charge >= 0.3 is 0 Å². The molecule has 1 aliphatic heterocycles. The molecule has 0 aromatic heterocycles. The normalized spacial score (nSPS) is 38.9. The number of ether oxygens (including phenoxy) is 2. The highest BCUT2D eigenvalue weighted by Crippen LogP contribution is 2.35. The van der Waals surface area contributed by atoms with E-state index in [9.17, 15) is 4.79 Å². The first-order valence-corrected chi connectivity index (χ1v) is 6.06. The average Bonchev–Trinajstić information content (AvgIpc) is 2.63. The minimum absolute atomic E-state index is 0.0825. The van der Waals surface area contributed by atoms with Crippen molar-refractivity contribution in [2.75, 3.05) is 6.61 Å². The topological polar surface area (TPSA) is 35.5 Å². The maximum Gasteiger partial charge on any atom is 0.152 e. The van der Waals surface area contributed by atoms with Crippen molar-refractivity contribution in [1.29, 1.82) is 0 Å². The number of fused-ring (bicyclic) bond motifs is 1. The maximum atomic E-state index is 10.8. The molecule has 0 radical (unpaired) electrons. The summed E-state index contributed by atoms with van der Waals surface area (Å²) in [6.07, 6.45) is 8.26. The predicted molar refractivity (Wildman–Crippen MR) is 61.3 cm³/mol. The van der Waals surface area contributed by atoms with Crippen molar-refractivity contribution in [2.24, 2.45) is 0 Å². The van der Waals surface area contributed by atoms with Crippen molar-refractivity contribution in [3.05, 3.63) is 12.2 Å². The zero-order chi connectivity index (χ0) is 11.6. The van der Waals surface area contributed by atoms with Gasteiger partial charge in [0, 0.05) is 0 Å². The van der Waals surface area contributed by atoms with Crippen molar-refractivity contribution < 1.29 is 14.3 Å². The highest BCUT2D eigenvalue weighted by molar-refractivity contribution is 5.87. The van der Waals surface area contributed by atoms with Crippen LogP contribution < -0.4 is 0 Å². The molecule has 1 saturated carbocycles. The van der Waals surface area contributed by atoms with Crippen molar-refractivity contribution in [3.8, 4) is 0 Å². The third-order valence-corrected chi connectivity index (χ3v) is 3.33. The Hall–Kier alpha value is -0.670. The van der Waals surface area contributed by atoms with Gasteiger partial charge in [0.1, 0.15) is 0 Å². The Kier molecular flexibility index (Phi) is 3.45. The molecule has 0 N–H and O–H groups in total. The van der Waals surface area contributed by atoms with Gasteiger partial charge in [0.2, 0.25) is 0 Å². The van der Waals surface area contributed by atoms with Gasteiger partial charge in [-0.2, -0.15) is 0 Å². The average molecular weight is 224 g/mol. The number of hydrogen-bond acceptors (Lipinski definition) is 3. The smallest absolute Gasteiger partial charge is 0.152 e. The fourth-order valence-electron chi connectivity index (χ4n) is 2.48. The van der Waals surface area contributed by atoms with Crippen LogP contribution in [-0.4, -0.2) is 30.2 Å².